The summed E-state index contributed by atoms with van der Waals surface area (Å²) < 4.78 is 5.96. The van der Waals surface area contributed by atoms with Gasteiger partial charge in [-0.05, 0) is 46.7 Å². The number of amides is 1. The Balaban J connectivity index is 1.78. The number of benzene rings is 1. The molecule has 1 amide bonds. The molecule has 1 heterocycles. The van der Waals surface area contributed by atoms with Crippen molar-refractivity contribution in [3.05, 3.63) is 33.4 Å². The second-order valence-corrected chi connectivity index (χ2v) is 5.45. The Kier molecular flexibility index (Phi) is 4.57. The molecule has 0 aromatic heterocycles. The molecule has 0 aliphatic carbocycles. The third-order valence-corrected chi connectivity index (χ3v) is 3.54. The van der Waals surface area contributed by atoms with Crippen LogP contribution in [-0.4, -0.2) is 24.5 Å². The number of nitrogens with one attached hydrogen (secondary N) is 1. The molecule has 0 bridgehead atoms. The van der Waals surface area contributed by atoms with E-state index in [0.29, 0.717) is 25.9 Å². The summed E-state index contributed by atoms with van der Waals surface area (Å²) in [5, 5.41) is 2.70. The number of hydrogen-bond acceptors (Lipinski definition) is 3. The van der Waals surface area contributed by atoms with Crippen LogP contribution in [0.1, 0.15) is 18.4 Å². The van der Waals surface area contributed by atoms with Gasteiger partial charge >= 0.3 is 5.97 Å². The SMILES string of the molecule is O=C(CCc1ccc(I)cc1)N[C@H]1CCOC1=O. The standard InChI is InChI=1S/C13H14INO3/c14-10-4-1-9(2-5-10)3-6-12(16)15-11-7-8-18-13(11)17/h1-2,4-5,11H,3,6-8H2,(H,15,16)/t11-/m0/s1. The number of aryl methyl sites for hydroxylation is 1. The fourth-order valence-corrected chi connectivity index (χ4v) is 2.16. The lowest BCUT2D eigenvalue weighted by molar-refractivity contribution is -0.141. The van der Waals surface area contributed by atoms with E-state index < -0.39 is 6.04 Å². The third-order valence-electron chi connectivity index (χ3n) is 2.82. The monoisotopic (exact) mass is 359 g/mol. The quantitative estimate of drug-likeness (QED) is 0.657. The van der Waals surface area contributed by atoms with Gasteiger partial charge in [0.05, 0.1) is 6.61 Å². The Morgan fingerprint density at radius 3 is 2.72 bits per heavy atom. The van der Waals surface area contributed by atoms with E-state index in [1.165, 1.54) is 3.57 Å². The van der Waals surface area contributed by atoms with Gasteiger partial charge in [-0.15, -0.1) is 0 Å². The summed E-state index contributed by atoms with van der Waals surface area (Å²) in [4.78, 5) is 22.8. The van der Waals surface area contributed by atoms with E-state index >= 15 is 0 Å². The van der Waals surface area contributed by atoms with E-state index in [4.69, 9.17) is 4.74 Å². The molecular formula is C13H14INO3. The van der Waals surface area contributed by atoms with Gasteiger partial charge in [-0.2, -0.15) is 0 Å². The van der Waals surface area contributed by atoms with Crippen molar-refractivity contribution in [1.82, 2.24) is 5.32 Å². The molecule has 1 N–H and O–H groups in total. The predicted molar refractivity (Wildman–Crippen MR) is 75.0 cm³/mol. The Labute approximate surface area is 119 Å². The summed E-state index contributed by atoms with van der Waals surface area (Å²) in [6, 6.07) is 7.61. The molecule has 1 aromatic rings. The van der Waals surface area contributed by atoms with Gasteiger partial charge in [0.1, 0.15) is 6.04 Å². The van der Waals surface area contributed by atoms with Gasteiger partial charge in [0.2, 0.25) is 5.91 Å². The van der Waals surface area contributed by atoms with Crippen molar-refractivity contribution in [3.8, 4) is 0 Å². The lowest BCUT2D eigenvalue weighted by atomic mass is 10.1. The highest BCUT2D eigenvalue weighted by Crippen LogP contribution is 2.09. The minimum Gasteiger partial charge on any atom is -0.464 e. The van der Waals surface area contributed by atoms with Crippen LogP contribution in [-0.2, 0) is 20.7 Å². The molecule has 1 aliphatic rings. The maximum Gasteiger partial charge on any atom is 0.328 e. The topological polar surface area (TPSA) is 55.4 Å². The second kappa shape index (κ2) is 6.17. The number of carbonyl (C=O) groups excluding carboxylic acids is 2. The van der Waals surface area contributed by atoms with Crippen LogP contribution in [0.15, 0.2) is 24.3 Å². The van der Waals surface area contributed by atoms with Crippen LogP contribution in [0.5, 0.6) is 0 Å². The molecule has 1 aromatic carbocycles. The van der Waals surface area contributed by atoms with Gasteiger partial charge in [-0.25, -0.2) is 4.79 Å². The number of cyclic esters (lactones) is 1. The van der Waals surface area contributed by atoms with Gasteiger partial charge < -0.3 is 10.1 Å². The van der Waals surface area contributed by atoms with Crippen molar-refractivity contribution in [2.24, 2.45) is 0 Å². The van der Waals surface area contributed by atoms with E-state index in [9.17, 15) is 9.59 Å². The highest BCUT2D eigenvalue weighted by Gasteiger charge is 2.27. The first-order chi connectivity index (χ1) is 8.65. The zero-order valence-electron chi connectivity index (χ0n) is 9.82. The minimum absolute atomic E-state index is 0.0996. The molecule has 4 nitrogen and oxygen atoms in total. The molecule has 0 unspecified atom stereocenters. The van der Waals surface area contributed by atoms with Crippen LogP contribution in [0, 0.1) is 3.57 Å². The van der Waals surface area contributed by atoms with Crippen molar-refractivity contribution in [3.63, 3.8) is 0 Å². The maximum absolute atomic E-state index is 11.7. The minimum atomic E-state index is -0.450. The van der Waals surface area contributed by atoms with Crippen molar-refractivity contribution >= 4 is 34.5 Å². The lowest BCUT2D eigenvalue weighted by Crippen LogP contribution is -2.37. The molecule has 1 saturated heterocycles. The first-order valence-electron chi connectivity index (χ1n) is 5.85. The van der Waals surface area contributed by atoms with Crippen LogP contribution in [0.4, 0.5) is 0 Å². The number of esters is 1. The summed E-state index contributed by atoms with van der Waals surface area (Å²) in [7, 11) is 0. The van der Waals surface area contributed by atoms with Gasteiger partial charge in [0.15, 0.2) is 0 Å². The Morgan fingerprint density at radius 1 is 1.39 bits per heavy atom. The third kappa shape index (κ3) is 3.69. The van der Waals surface area contributed by atoms with E-state index in [1.54, 1.807) is 0 Å². The van der Waals surface area contributed by atoms with Crippen LogP contribution in [0.25, 0.3) is 0 Å². The smallest absolute Gasteiger partial charge is 0.328 e. The summed E-state index contributed by atoms with van der Waals surface area (Å²) >= 11 is 2.24. The van der Waals surface area contributed by atoms with Crippen molar-refractivity contribution < 1.29 is 14.3 Å². The fourth-order valence-electron chi connectivity index (χ4n) is 1.80. The van der Waals surface area contributed by atoms with Crippen molar-refractivity contribution in [1.29, 1.82) is 0 Å². The Morgan fingerprint density at radius 2 is 2.11 bits per heavy atom. The molecule has 0 radical (unpaired) electrons. The van der Waals surface area contributed by atoms with Crippen LogP contribution in [0.2, 0.25) is 0 Å². The molecule has 1 atom stereocenters. The summed E-state index contributed by atoms with van der Waals surface area (Å²) in [6.07, 6.45) is 1.66. The maximum atomic E-state index is 11.7. The molecule has 1 aliphatic heterocycles. The highest BCUT2D eigenvalue weighted by atomic mass is 127. The summed E-state index contributed by atoms with van der Waals surface area (Å²) in [5.41, 5.74) is 1.12. The molecule has 1 fully saturated rings. The van der Waals surface area contributed by atoms with Crippen LogP contribution < -0.4 is 5.32 Å². The average Bonchev–Trinajstić information content (AvgIpc) is 2.74. The zero-order chi connectivity index (χ0) is 13.0. The van der Waals surface area contributed by atoms with Crippen molar-refractivity contribution in [2.45, 2.75) is 25.3 Å². The first-order valence-corrected chi connectivity index (χ1v) is 6.93. The molecule has 2 rings (SSSR count). The summed E-state index contributed by atoms with van der Waals surface area (Å²) in [6.45, 7) is 0.404. The normalized spacial score (nSPS) is 18.5. The van der Waals surface area contributed by atoms with E-state index in [2.05, 4.69) is 27.9 Å². The molecule has 5 heteroatoms. The number of hydrogen-bond donors (Lipinski definition) is 1. The second-order valence-electron chi connectivity index (χ2n) is 4.20. The highest BCUT2D eigenvalue weighted by molar-refractivity contribution is 14.1. The number of halogens is 1. The lowest BCUT2D eigenvalue weighted by Gasteiger charge is -2.08. The van der Waals surface area contributed by atoms with Gasteiger partial charge in [-0.1, -0.05) is 12.1 Å². The fraction of sp³-hybridized carbons (Fsp3) is 0.385. The van der Waals surface area contributed by atoms with E-state index in [1.807, 2.05) is 24.3 Å². The van der Waals surface area contributed by atoms with Gasteiger partial charge in [-0.3, -0.25) is 4.79 Å². The van der Waals surface area contributed by atoms with Gasteiger partial charge in [0.25, 0.3) is 0 Å². The Bertz CT molecular complexity index is 444. The molecular weight excluding hydrogens is 345 g/mol. The first kappa shape index (κ1) is 13.3. The number of ether oxygens (including phenoxy) is 1. The number of rotatable bonds is 4. The predicted octanol–water partition coefficient (Wildman–Crippen LogP) is 1.66. The van der Waals surface area contributed by atoms with Gasteiger partial charge in [0, 0.05) is 16.4 Å². The van der Waals surface area contributed by atoms with Crippen LogP contribution in [0.3, 0.4) is 0 Å². The van der Waals surface area contributed by atoms with E-state index in [0.717, 1.165) is 5.56 Å². The van der Waals surface area contributed by atoms with Crippen molar-refractivity contribution in [2.75, 3.05) is 6.61 Å². The molecule has 0 spiro atoms. The average molecular weight is 359 g/mol. The molecule has 0 saturated carbocycles. The zero-order valence-corrected chi connectivity index (χ0v) is 12.0. The summed E-state index contributed by atoms with van der Waals surface area (Å²) in [5.74, 6) is -0.421. The Hall–Kier alpha value is -1.11. The largest absolute Gasteiger partial charge is 0.464 e. The number of carbonyl (C=O) groups is 2. The molecule has 18 heavy (non-hydrogen) atoms. The van der Waals surface area contributed by atoms with Crippen LogP contribution >= 0.6 is 22.6 Å². The van der Waals surface area contributed by atoms with E-state index in [-0.39, 0.29) is 11.9 Å². The molecule has 96 valence electrons.